The lowest BCUT2D eigenvalue weighted by Crippen LogP contribution is -2.67. The second-order valence-electron chi connectivity index (χ2n) is 8.17. The third-order valence-electron chi connectivity index (χ3n) is 5.36. The molecule has 2 aromatic carbocycles. The fraction of sp³-hybridized carbons (Fsp3) is 0.455. The van der Waals surface area contributed by atoms with Crippen LogP contribution in [0, 0.1) is 5.92 Å². The van der Waals surface area contributed by atoms with Crippen LogP contribution in [0.2, 0.25) is 5.04 Å². The highest BCUT2D eigenvalue weighted by molar-refractivity contribution is 7.99. The Balaban J connectivity index is 2.02. The van der Waals surface area contributed by atoms with Gasteiger partial charge in [-0.05, 0) is 27.6 Å². The van der Waals surface area contributed by atoms with Gasteiger partial charge in [0, 0.05) is 18.3 Å². The number of hydrogen-bond acceptors (Lipinski definition) is 3. The molecule has 0 bridgehead atoms. The van der Waals surface area contributed by atoms with E-state index in [1.54, 1.807) is 0 Å². The second kappa shape index (κ2) is 8.30. The van der Waals surface area contributed by atoms with E-state index in [4.69, 9.17) is 4.43 Å². The van der Waals surface area contributed by atoms with Crippen molar-refractivity contribution in [1.29, 1.82) is 0 Å². The van der Waals surface area contributed by atoms with Crippen molar-refractivity contribution in [3.8, 4) is 0 Å². The van der Waals surface area contributed by atoms with Gasteiger partial charge in [-0.3, -0.25) is 0 Å². The van der Waals surface area contributed by atoms with Crippen LogP contribution in [0.1, 0.15) is 27.2 Å². The van der Waals surface area contributed by atoms with Gasteiger partial charge in [-0.25, -0.2) is 0 Å². The first-order valence-electron chi connectivity index (χ1n) is 9.46. The normalized spacial score (nSPS) is 21.5. The van der Waals surface area contributed by atoms with Gasteiger partial charge in [0.1, 0.15) is 0 Å². The Morgan fingerprint density at radius 2 is 1.54 bits per heavy atom. The lowest BCUT2D eigenvalue weighted by Gasteiger charge is -2.44. The van der Waals surface area contributed by atoms with Crippen LogP contribution >= 0.6 is 11.8 Å². The average Bonchev–Trinajstić information content (AvgIpc) is 2.64. The van der Waals surface area contributed by atoms with Crippen molar-refractivity contribution in [3.63, 3.8) is 0 Å². The molecule has 1 saturated heterocycles. The first-order valence-corrected chi connectivity index (χ1v) is 12.5. The lowest BCUT2D eigenvalue weighted by molar-refractivity contribution is 0.0785. The zero-order valence-electron chi connectivity index (χ0n) is 16.0. The average molecular weight is 387 g/mol. The SMILES string of the molecule is CC(C)(C)[Si](OCC1CSCCC1O)(c1ccccc1)c1ccccc1. The summed E-state index contributed by atoms with van der Waals surface area (Å²) >= 11 is 1.93. The number of benzene rings is 2. The summed E-state index contributed by atoms with van der Waals surface area (Å²) in [6, 6.07) is 21.5. The molecule has 0 aliphatic carbocycles. The van der Waals surface area contributed by atoms with Crippen LogP contribution in [0.3, 0.4) is 0 Å². The molecule has 3 rings (SSSR count). The fourth-order valence-corrected chi connectivity index (χ4v) is 9.75. The molecule has 1 fully saturated rings. The number of hydrogen-bond donors (Lipinski definition) is 1. The molecular formula is C22H30O2SSi. The van der Waals surface area contributed by atoms with E-state index < -0.39 is 8.32 Å². The summed E-state index contributed by atoms with van der Waals surface area (Å²) in [5, 5.41) is 13.0. The minimum atomic E-state index is -2.48. The maximum Gasteiger partial charge on any atom is 0.261 e. The molecule has 0 amide bonds. The van der Waals surface area contributed by atoms with Gasteiger partial charge in [-0.2, -0.15) is 11.8 Å². The van der Waals surface area contributed by atoms with Crippen molar-refractivity contribution in [2.75, 3.05) is 18.1 Å². The quantitative estimate of drug-likeness (QED) is 0.795. The summed E-state index contributed by atoms with van der Waals surface area (Å²) in [6.07, 6.45) is 0.633. The molecule has 1 N–H and O–H groups in total. The van der Waals surface area contributed by atoms with Crippen LogP contribution in [-0.2, 0) is 4.43 Å². The molecule has 0 aromatic heterocycles. The number of aliphatic hydroxyl groups excluding tert-OH is 1. The van der Waals surface area contributed by atoms with Crippen molar-refractivity contribution in [3.05, 3.63) is 60.7 Å². The second-order valence-corrected chi connectivity index (χ2v) is 13.6. The Morgan fingerprint density at radius 3 is 2.00 bits per heavy atom. The van der Waals surface area contributed by atoms with Crippen LogP contribution in [-0.4, -0.2) is 37.6 Å². The molecule has 0 spiro atoms. The van der Waals surface area contributed by atoms with Crippen molar-refractivity contribution in [2.24, 2.45) is 5.92 Å². The molecule has 2 atom stereocenters. The van der Waals surface area contributed by atoms with Crippen molar-refractivity contribution in [2.45, 2.75) is 38.3 Å². The van der Waals surface area contributed by atoms with E-state index in [2.05, 4.69) is 81.4 Å². The molecule has 1 aliphatic heterocycles. The fourth-order valence-electron chi connectivity index (χ4n) is 3.94. The highest BCUT2D eigenvalue weighted by Crippen LogP contribution is 2.37. The first kappa shape index (κ1) is 19.7. The smallest absolute Gasteiger partial charge is 0.261 e. The van der Waals surface area contributed by atoms with E-state index in [0.29, 0.717) is 6.61 Å². The van der Waals surface area contributed by atoms with Crippen LogP contribution in [0.4, 0.5) is 0 Å². The zero-order chi connectivity index (χ0) is 18.6. The Morgan fingerprint density at radius 1 is 1.00 bits per heavy atom. The van der Waals surface area contributed by atoms with E-state index in [1.807, 2.05) is 11.8 Å². The van der Waals surface area contributed by atoms with Crippen molar-refractivity contribution >= 4 is 30.5 Å². The van der Waals surface area contributed by atoms with Gasteiger partial charge in [0.2, 0.25) is 0 Å². The van der Waals surface area contributed by atoms with E-state index in [9.17, 15) is 5.11 Å². The topological polar surface area (TPSA) is 29.5 Å². The molecule has 0 saturated carbocycles. The van der Waals surface area contributed by atoms with Gasteiger partial charge in [-0.15, -0.1) is 0 Å². The largest absolute Gasteiger partial charge is 0.407 e. The minimum absolute atomic E-state index is 0.0114. The number of rotatable bonds is 5. The lowest BCUT2D eigenvalue weighted by atomic mass is 10.0. The first-order chi connectivity index (χ1) is 12.4. The number of thioether (sulfide) groups is 1. The maximum absolute atomic E-state index is 10.4. The van der Waals surface area contributed by atoms with Crippen molar-refractivity contribution in [1.82, 2.24) is 0 Å². The minimum Gasteiger partial charge on any atom is -0.407 e. The summed E-state index contributed by atoms with van der Waals surface area (Å²) in [7, 11) is -2.48. The molecule has 26 heavy (non-hydrogen) atoms. The Labute approximate surface area is 163 Å². The van der Waals surface area contributed by atoms with Gasteiger partial charge >= 0.3 is 0 Å². The molecule has 140 valence electrons. The predicted octanol–water partition coefficient (Wildman–Crippen LogP) is 3.68. The van der Waals surface area contributed by atoms with E-state index in [-0.39, 0.29) is 17.1 Å². The predicted molar refractivity (Wildman–Crippen MR) is 115 cm³/mol. The monoisotopic (exact) mass is 386 g/mol. The van der Waals surface area contributed by atoms with Crippen molar-refractivity contribution < 1.29 is 9.53 Å². The maximum atomic E-state index is 10.4. The Bertz CT molecular complexity index is 645. The molecule has 2 unspecified atom stereocenters. The number of aliphatic hydroxyl groups is 1. The third kappa shape index (κ3) is 3.94. The van der Waals surface area contributed by atoms with Gasteiger partial charge < -0.3 is 9.53 Å². The van der Waals surface area contributed by atoms with Gasteiger partial charge in [0.15, 0.2) is 0 Å². The molecule has 2 nitrogen and oxygen atoms in total. The Kier molecular flexibility index (Phi) is 6.28. The summed E-state index contributed by atoms with van der Waals surface area (Å²) < 4.78 is 6.94. The third-order valence-corrected chi connectivity index (χ3v) is 11.6. The van der Waals surface area contributed by atoms with E-state index in [1.165, 1.54) is 10.4 Å². The zero-order valence-corrected chi connectivity index (χ0v) is 17.8. The summed E-state index contributed by atoms with van der Waals surface area (Å²) in [4.78, 5) is 0. The summed E-state index contributed by atoms with van der Waals surface area (Å²) in [6.45, 7) is 7.52. The van der Waals surface area contributed by atoms with Gasteiger partial charge in [0.05, 0.1) is 6.10 Å². The molecule has 0 radical (unpaired) electrons. The highest BCUT2D eigenvalue weighted by Gasteiger charge is 2.50. The standard InChI is InChI=1S/C22H30O2SSi/c1-22(2,3)26(19-10-6-4-7-11-19,20-12-8-5-9-13-20)24-16-18-17-25-15-14-21(18)23/h4-13,18,21,23H,14-17H2,1-3H3. The van der Waals surface area contributed by atoms with E-state index in [0.717, 1.165) is 17.9 Å². The highest BCUT2D eigenvalue weighted by atomic mass is 32.2. The molecule has 4 heteroatoms. The summed E-state index contributed by atoms with van der Waals surface area (Å²) in [5.41, 5.74) is 0. The Hall–Kier alpha value is -1.07. The van der Waals surface area contributed by atoms with Crippen LogP contribution < -0.4 is 10.4 Å². The van der Waals surface area contributed by atoms with Crippen LogP contribution in [0.15, 0.2) is 60.7 Å². The van der Waals surface area contributed by atoms with E-state index >= 15 is 0 Å². The molecule has 2 aromatic rings. The summed E-state index contributed by atoms with van der Waals surface area (Å²) in [5.74, 6) is 2.26. The van der Waals surface area contributed by atoms with Crippen LogP contribution in [0.5, 0.6) is 0 Å². The van der Waals surface area contributed by atoms with Crippen LogP contribution in [0.25, 0.3) is 0 Å². The van der Waals surface area contributed by atoms with Gasteiger partial charge in [-0.1, -0.05) is 81.4 Å². The molecule has 1 heterocycles. The van der Waals surface area contributed by atoms with Gasteiger partial charge in [0.25, 0.3) is 8.32 Å². The molecular weight excluding hydrogens is 356 g/mol. The molecule has 1 aliphatic rings.